The number of hydrogen-bond donors (Lipinski definition) is 1. The van der Waals surface area contributed by atoms with Gasteiger partial charge >= 0.3 is 5.97 Å². The van der Waals surface area contributed by atoms with Gasteiger partial charge in [-0.2, -0.15) is 5.10 Å². The second-order valence-corrected chi connectivity index (χ2v) is 5.17. The highest BCUT2D eigenvalue weighted by Gasteiger charge is 2.22. The van der Waals surface area contributed by atoms with E-state index in [0.29, 0.717) is 0 Å². The molecule has 0 bridgehead atoms. The van der Waals surface area contributed by atoms with Crippen molar-refractivity contribution in [1.29, 1.82) is 0 Å². The lowest BCUT2D eigenvalue weighted by Crippen LogP contribution is -2.10. The molecule has 1 aliphatic rings. The van der Waals surface area contributed by atoms with Gasteiger partial charge in [0.05, 0.1) is 12.1 Å². The first kappa shape index (κ1) is 13.1. The number of carboxylic acid groups (broad SMARTS) is 1. The van der Waals surface area contributed by atoms with Gasteiger partial charge in [-0.15, -0.1) is 0 Å². The Bertz CT molecular complexity index is 672. The van der Waals surface area contributed by atoms with E-state index in [2.05, 4.69) is 10.1 Å². The van der Waals surface area contributed by atoms with Crippen molar-refractivity contribution in [3.8, 4) is 0 Å². The van der Waals surface area contributed by atoms with Crippen LogP contribution in [-0.4, -0.2) is 32.3 Å². The molecule has 3 heterocycles. The van der Waals surface area contributed by atoms with Crippen LogP contribution < -0.4 is 0 Å². The largest absolute Gasteiger partial charge is 0.481 e. The Labute approximate surface area is 116 Å². The Balaban J connectivity index is 2.09. The third-order valence-corrected chi connectivity index (χ3v) is 3.77. The highest BCUT2D eigenvalue weighted by Crippen LogP contribution is 2.28. The molecular weight excluding hydrogens is 258 g/mol. The third kappa shape index (κ3) is 2.16. The van der Waals surface area contributed by atoms with Gasteiger partial charge in [0.2, 0.25) is 0 Å². The van der Waals surface area contributed by atoms with Crippen molar-refractivity contribution in [2.75, 3.05) is 6.61 Å². The van der Waals surface area contributed by atoms with Gasteiger partial charge in [-0.3, -0.25) is 4.79 Å². The Morgan fingerprint density at radius 3 is 3.00 bits per heavy atom. The number of fused-ring (bicyclic) bond motifs is 1. The number of aromatic nitrogens is 3. The van der Waals surface area contributed by atoms with Gasteiger partial charge in [0.1, 0.15) is 6.10 Å². The number of aliphatic carboxylic acids is 1. The molecule has 6 heteroatoms. The van der Waals surface area contributed by atoms with Gasteiger partial charge < -0.3 is 9.84 Å². The molecule has 106 valence electrons. The Kier molecular flexibility index (Phi) is 3.17. The monoisotopic (exact) mass is 275 g/mol. The van der Waals surface area contributed by atoms with Crippen LogP contribution in [0.25, 0.3) is 5.65 Å². The van der Waals surface area contributed by atoms with Gasteiger partial charge in [-0.05, 0) is 26.7 Å². The van der Waals surface area contributed by atoms with Gasteiger partial charge in [0.15, 0.2) is 5.65 Å². The fraction of sp³-hybridized carbons (Fsp3) is 0.500. The van der Waals surface area contributed by atoms with Crippen molar-refractivity contribution < 1.29 is 14.6 Å². The van der Waals surface area contributed by atoms with Crippen molar-refractivity contribution in [2.45, 2.75) is 39.2 Å². The molecule has 2 aromatic rings. The lowest BCUT2D eigenvalue weighted by atomic mass is 10.1. The molecule has 6 nitrogen and oxygen atoms in total. The molecule has 0 aliphatic carbocycles. The lowest BCUT2D eigenvalue weighted by Gasteiger charge is -2.08. The molecule has 1 fully saturated rings. The van der Waals surface area contributed by atoms with Gasteiger partial charge in [-0.25, -0.2) is 9.50 Å². The summed E-state index contributed by atoms with van der Waals surface area (Å²) in [7, 11) is 0. The van der Waals surface area contributed by atoms with Crippen LogP contribution in [0.4, 0.5) is 0 Å². The first-order chi connectivity index (χ1) is 9.56. The van der Waals surface area contributed by atoms with E-state index in [1.807, 2.05) is 19.9 Å². The molecule has 1 unspecified atom stereocenters. The fourth-order valence-corrected chi connectivity index (χ4v) is 2.72. The number of carboxylic acids is 1. The second kappa shape index (κ2) is 4.86. The van der Waals surface area contributed by atoms with E-state index >= 15 is 0 Å². The van der Waals surface area contributed by atoms with Crippen LogP contribution in [-0.2, 0) is 16.0 Å². The van der Waals surface area contributed by atoms with Crippen molar-refractivity contribution >= 4 is 11.6 Å². The van der Waals surface area contributed by atoms with Crippen LogP contribution in [0.3, 0.4) is 0 Å². The van der Waals surface area contributed by atoms with E-state index < -0.39 is 5.97 Å². The van der Waals surface area contributed by atoms with Crippen molar-refractivity contribution in [2.24, 2.45) is 0 Å². The molecule has 3 rings (SSSR count). The molecule has 2 aromatic heterocycles. The summed E-state index contributed by atoms with van der Waals surface area (Å²) in [6.07, 6.45) is 2.03. The van der Waals surface area contributed by atoms with Crippen LogP contribution >= 0.6 is 0 Å². The first-order valence-electron chi connectivity index (χ1n) is 6.75. The Morgan fingerprint density at radius 1 is 1.55 bits per heavy atom. The van der Waals surface area contributed by atoms with Gasteiger partial charge in [-0.1, -0.05) is 0 Å². The molecular formula is C14H17N3O3. The van der Waals surface area contributed by atoms with Crippen LogP contribution in [0, 0.1) is 13.8 Å². The summed E-state index contributed by atoms with van der Waals surface area (Å²) in [4.78, 5) is 15.4. The fourth-order valence-electron chi connectivity index (χ4n) is 2.72. The maximum atomic E-state index is 10.9. The minimum atomic E-state index is -0.858. The van der Waals surface area contributed by atoms with Crippen LogP contribution in [0.2, 0.25) is 0 Å². The van der Waals surface area contributed by atoms with Gasteiger partial charge in [0, 0.05) is 29.6 Å². The molecule has 1 atom stereocenters. The highest BCUT2D eigenvalue weighted by molar-refractivity contribution is 5.71. The number of ether oxygens (including phenoxy) is 1. The molecule has 0 spiro atoms. The van der Waals surface area contributed by atoms with Gasteiger partial charge in [0.25, 0.3) is 0 Å². The number of rotatable bonds is 3. The normalized spacial score (nSPS) is 18.8. The van der Waals surface area contributed by atoms with Crippen LogP contribution in [0.1, 0.15) is 41.6 Å². The van der Waals surface area contributed by atoms with Crippen LogP contribution in [0.5, 0.6) is 0 Å². The number of hydrogen-bond acceptors (Lipinski definition) is 4. The second-order valence-electron chi connectivity index (χ2n) is 5.17. The van der Waals surface area contributed by atoms with E-state index in [4.69, 9.17) is 9.84 Å². The summed E-state index contributed by atoms with van der Waals surface area (Å²) in [5, 5.41) is 13.5. The smallest absolute Gasteiger partial charge is 0.307 e. The number of carbonyl (C=O) groups is 1. The van der Waals surface area contributed by atoms with E-state index in [0.717, 1.165) is 47.7 Å². The summed E-state index contributed by atoms with van der Waals surface area (Å²) in [5.41, 5.74) is 3.94. The molecule has 1 saturated heterocycles. The lowest BCUT2D eigenvalue weighted by molar-refractivity contribution is -0.136. The molecule has 0 saturated carbocycles. The zero-order chi connectivity index (χ0) is 14.3. The topological polar surface area (TPSA) is 76.7 Å². The maximum absolute atomic E-state index is 10.9. The maximum Gasteiger partial charge on any atom is 0.307 e. The predicted molar refractivity (Wildman–Crippen MR) is 71.7 cm³/mol. The first-order valence-corrected chi connectivity index (χ1v) is 6.75. The predicted octanol–water partition coefficient (Wildman–Crippen LogP) is 1.82. The Hall–Kier alpha value is -1.95. The zero-order valence-electron chi connectivity index (χ0n) is 11.6. The Morgan fingerprint density at radius 2 is 2.35 bits per heavy atom. The summed E-state index contributed by atoms with van der Waals surface area (Å²) in [6.45, 7) is 4.49. The average molecular weight is 275 g/mol. The minimum absolute atomic E-state index is 0.0320. The summed E-state index contributed by atoms with van der Waals surface area (Å²) in [5.74, 6) is -0.858. The summed E-state index contributed by atoms with van der Waals surface area (Å²) >= 11 is 0. The average Bonchev–Trinajstić information content (AvgIpc) is 3.01. The molecule has 1 N–H and O–H groups in total. The standard InChI is InChI=1S/C14H17N3O3/c1-8-10(6-14(18)19)9(2)17-13(15-8)7-11(16-17)12-4-3-5-20-12/h7,12H,3-6H2,1-2H3,(H,18,19). The van der Waals surface area contributed by atoms with E-state index in [1.165, 1.54) is 0 Å². The summed E-state index contributed by atoms with van der Waals surface area (Å²) < 4.78 is 7.36. The molecule has 0 aromatic carbocycles. The highest BCUT2D eigenvalue weighted by atomic mass is 16.5. The SMILES string of the molecule is Cc1nc2cc(C3CCCO3)nn2c(C)c1CC(=O)O. The van der Waals surface area contributed by atoms with E-state index in [1.54, 1.807) is 4.52 Å². The van der Waals surface area contributed by atoms with Crippen LogP contribution in [0.15, 0.2) is 6.07 Å². The quantitative estimate of drug-likeness (QED) is 0.924. The van der Waals surface area contributed by atoms with E-state index in [9.17, 15) is 4.79 Å². The molecule has 1 aliphatic heterocycles. The number of aryl methyl sites for hydroxylation is 2. The number of nitrogens with zero attached hydrogens (tertiary/aromatic N) is 3. The van der Waals surface area contributed by atoms with Crippen molar-refractivity contribution in [1.82, 2.24) is 14.6 Å². The molecule has 0 amide bonds. The molecule has 20 heavy (non-hydrogen) atoms. The van der Waals surface area contributed by atoms with Crippen molar-refractivity contribution in [3.05, 3.63) is 28.7 Å². The summed E-state index contributed by atoms with van der Waals surface area (Å²) in [6, 6.07) is 1.93. The molecule has 0 radical (unpaired) electrons. The zero-order valence-corrected chi connectivity index (χ0v) is 11.6. The third-order valence-electron chi connectivity index (χ3n) is 3.77. The van der Waals surface area contributed by atoms with Crippen molar-refractivity contribution in [3.63, 3.8) is 0 Å². The minimum Gasteiger partial charge on any atom is -0.481 e. The van der Waals surface area contributed by atoms with E-state index in [-0.39, 0.29) is 12.5 Å².